The summed E-state index contributed by atoms with van der Waals surface area (Å²) in [6.45, 7) is 2.86. The number of benzene rings is 2. The zero-order valence-electron chi connectivity index (χ0n) is 13.3. The molecule has 0 saturated carbocycles. The Labute approximate surface area is 137 Å². The van der Waals surface area contributed by atoms with E-state index in [1.54, 1.807) is 0 Å². The summed E-state index contributed by atoms with van der Waals surface area (Å²) < 4.78 is 0. The monoisotopic (exact) mass is 306 g/mol. The summed E-state index contributed by atoms with van der Waals surface area (Å²) in [4.78, 5) is 14.5. The van der Waals surface area contributed by atoms with Crippen LogP contribution in [0.2, 0.25) is 0 Å². The molecule has 0 bridgehead atoms. The van der Waals surface area contributed by atoms with Crippen molar-refractivity contribution in [2.75, 3.05) is 24.5 Å². The summed E-state index contributed by atoms with van der Waals surface area (Å²) in [6.07, 6.45) is 2.74. The molecule has 1 N–H and O–H groups in total. The van der Waals surface area contributed by atoms with Crippen LogP contribution in [-0.2, 0) is 17.6 Å². The summed E-state index contributed by atoms with van der Waals surface area (Å²) in [5.74, 6) is 0.551. The third-order valence-corrected chi connectivity index (χ3v) is 5.04. The van der Waals surface area contributed by atoms with E-state index < -0.39 is 0 Å². The molecule has 1 unspecified atom stereocenters. The number of carbonyl (C=O) groups excluding carboxylic acids is 1. The number of amides is 1. The van der Waals surface area contributed by atoms with Gasteiger partial charge in [-0.3, -0.25) is 4.79 Å². The van der Waals surface area contributed by atoms with Gasteiger partial charge in [0.15, 0.2) is 0 Å². The summed E-state index contributed by atoms with van der Waals surface area (Å²) in [5, 5.41) is 3.44. The predicted octanol–water partition coefficient (Wildman–Crippen LogP) is 2.90. The van der Waals surface area contributed by atoms with E-state index in [9.17, 15) is 4.79 Å². The quantitative estimate of drug-likeness (QED) is 0.925. The molecule has 1 saturated heterocycles. The largest absolute Gasteiger partial charge is 0.316 e. The Hall–Kier alpha value is -2.13. The lowest BCUT2D eigenvalue weighted by molar-refractivity contribution is -0.117. The molecule has 2 heterocycles. The van der Waals surface area contributed by atoms with Crippen molar-refractivity contribution in [3.8, 4) is 0 Å². The lowest BCUT2D eigenvalue weighted by Gasteiger charge is -2.19. The van der Waals surface area contributed by atoms with Crippen LogP contribution in [0.1, 0.15) is 29.0 Å². The molecule has 3 heteroatoms. The number of nitrogens with one attached hydrogen (secondary N) is 1. The number of hydrogen-bond acceptors (Lipinski definition) is 2. The Balaban J connectivity index is 1.59. The Bertz CT molecular complexity index is 711. The smallest absolute Gasteiger partial charge is 0.227 e. The molecule has 4 rings (SSSR count). The first-order chi connectivity index (χ1) is 11.3. The van der Waals surface area contributed by atoms with E-state index in [4.69, 9.17) is 0 Å². The van der Waals surface area contributed by atoms with Crippen molar-refractivity contribution in [2.45, 2.75) is 25.2 Å². The maximum atomic E-state index is 12.5. The summed E-state index contributed by atoms with van der Waals surface area (Å²) in [6, 6.07) is 17.0. The van der Waals surface area contributed by atoms with Crippen molar-refractivity contribution in [3.63, 3.8) is 0 Å². The van der Waals surface area contributed by atoms with Crippen molar-refractivity contribution in [1.29, 1.82) is 0 Å². The molecule has 23 heavy (non-hydrogen) atoms. The van der Waals surface area contributed by atoms with E-state index in [1.807, 2.05) is 11.0 Å². The maximum absolute atomic E-state index is 12.5. The molecule has 3 nitrogen and oxygen atoms in total. The topological polar surface area (TPSA) is 32.3 Å². The lowest BCUT2D eigenvalue weighted by Crippen LogP contribution is -2.24. The Morgan fingerprint density at radius 2 is 1.74 bits per heavy atom. The van der Waals surface area contributed by atoms with E-state index in [2.05, 4.69) is 47.8 Å². The van der Waals surface area contributed by atoms with Crippen LogP contribution < -0.4 is 10.2 Å². The van der Waals surface area contributed by atoms with E-state index >= 15 is 0 Å². The predicted molar refractivity (Wildman–Crippen MR) is 92.9 cm³/mol. The highest BCUT2D eigenvalue weighted by Gasteiger charge is 2.31. The average molecular weight is 306 g/mol. The van der Waals surface area contributed by atoms with Crippen LogP contribution in [-0.4, -0.2) is 25.5 Å². The minimum Gasteiger partial charge on any atom is -0.316 e. The normalized spacial score (nSPS) is 21.1. The van der Waals surface area contributed by atoms with E-state index in [-0.39, 0.29) is 5.91 Å². The highest BCUT2D eigenvalue weighted by Crippen LogP contribution is 2.32. The molecule has 0 aromatic heterocycles. The molecule has 1 atom stereocenters. The molecule has 118 valence electrons. The standard InChI is InChI=1S/C20H22N2O/c23-20-13-18(15-4-2-1-3-5-15)14-22(20)19-7-6-16-8-10-21-11-9-17(16)12-19/h1-7,12,18,21H,8-11,13-14H2. The van der Waals surface area contributed by atoms with Crippen LogP contribution in [0.3, 0.4) is 0 Å². The SMILES string of the molecule is O=C1CC(c2ccccc2)CN1c1ccc2c(c1)CCNCC2. The van der Waals surface area contributed by atoms with Crippen LogP contribution >= 0.6 is 0 Å². The number of rotatable bonds is 2. The van der Waals surface area contributed by atoms with Gasteiger partial charge in [0.2, 0.25) is 5.91 Å². The van der Waals surface area contributed by atoms with Gasteiger partial charge >= 0.3 is 0 Å². The fraction of sp³-hybridized carbons (Fsp3) is 0.350. The van der Waals surface area contributed by atoms with E-state index in [0.717, 1.165) is 38.2 Å². The van der Waals surface area contributed by atoms with Crippen LogP contribution in [0.4, 0.5) is 5.69 Å². The van der Waals surface area contributed by atoms with Gasteiger partial charge in [0, 0.05) is 24.6 Å². The molecular weight excluding hydrogens is 284 g/mol. The third kappa shape index (κ3) is 2.89. The minimum absolute atomic E-state index is 0.241. The molecule has 2 aromatic rings. The van der Waals surface area contributed by atoms with Gasteiger partial charge in [0.25, 0.3) is 0 Å². The fourth-order valence-corrected chi connectivity index (χ4v) is 3.73. The van der Waals surface area contributed by atoms with Gasteiger partial charge in [-0.05, 0) is 54.8 Å². The molecule has 0 radical (unpaired) electrons. The van der Waals surface area contributed by atoms with Gasteiger partial charge in [-0.15, -0.1) is 0 Å². The molecule has 1 amide bonds. The second-order valence-corrected chi connectivity index (χ2v) is 6.52. The van der Waals surface area contributed by atoms with Crippen molar-refractivity contribution in [2.24, 2.45) is 0 Å². The maximum Gasteiger partial charge on any atom is 0.227 e. The molecule has 1 fully saturated rings. The summed E-state index contributed by atoms with van der Waals surface area (Å²) >= 11 is 0. The van der Waals surface area contributed by atoms with Gasteiger partial charge < -0.3 is 10.2 Å². The molecule has 2 aliphatic heterocycles. The van der Waals surface area contributed by atoms with Gasteiger partial charge in [-0.25, -0.2) is 0 Å². The first-order valence-electron chi connectivity index (χ1n) is 8.49. The van der Waals surface area contributed by atoms with Gasteiger partial charge in [-0.2, -0.15) is 0 Å². The molecule has 0 spiro atoms. The van der Waals surface area contributed by atoms with Gasteiger partial charge in [0.1, 0.15) is 0 Å². The lowest BCUT2D eigenvalue weighted by atomic mass is 9.98. The Morgan fingerprint density at radius 3 is 2.57 bits per heavy atom. The van der Waals surface area contributed by atoms with Crippen LogP contribution in [0.15, 0.2) is 48.5 Å². The zero-order valence-corrected chi connectivity index (χ0v) is 13.3. The summed E-state index contributed by atoms with van der Waals surface area (Å²) in [7, 11) is 0. The fourth-order valence-electron chi connectivity index (χ4n) is 3.73. The van der Waals surface area contributed by atoms with Gasteiger partial charge in [0.05, 0.1) is 0 Å². The van der Waals surface area contributed by atoms with Crippen LogP contribution in [0.25, 0.3) is 0 Å². The molecule has 2 aliphatic rings. The Kier molecular flexibility index (Phi) is 3.88. The van der Waals surface area contributed by atoms with Crippen molar-refractivity contribution in [1.82, 2.24) is 5.32 Å². The number of fused-ring (bicyclic) bond motifs is 1. The van der Waals surface area contributed by atoms with E-state index in [0.29, 0.717) is 12.3 Å². The first-order valence-corrected chi connectivity index (χ1v) is 8.49. The third-order valence-electron chi connectivity index (χ3n) is 5.04. The number of carbonyl (C=O) groups is 1. The van der Waals surface area contributed by atoms with Crippen LogP contribution in [0.5, 0.6) is 0 Å². The number of hydrogen-bond donors (Lipinski definition) is 1. The minimum atomic E-state index is 0.241. The summed E-state index contributed by atoms with van der Waals surface area (Å²) in [5.41, 5.74) is 5.14. The van der Waals surface area contributed by atoms with Gasteiger partial charge in [-0.1, -0.05) is 36.4 Å². The molecule has 0 aliphatic carbocycles. The second kappa shape index (κ2) is 6.17. The second-order valence-electron chi connectivity index (χ2n) is 6.52. The number of anilines is 1. The Morgan fingerprint density at radius 1 is 0.957 bits per heavy atom. The van der Waals surface area contributed by atoms with E-state index in [1.165, 1.54) is 16.7 Å². The van der Waals surface area contributed by atoms with Crippen LogP contribution in [0, 0.1) is 0 Å². The van der Waals surface area contributed by atoms with Crippen molar-refractivity contribution < 1.29 is 4.79 Å². The van der Waals surface area contributed by atoms with Crippen molar-refractivity contribution in [3.05, 3.63) is 65.2 Å². The number of nitrogens with zero attached hydrogens (tertiary/aromatic N) is 1. The highest BCUT2D eigenvalue weighted by atomic mass is 16.2. The highest BCUT2D eigenvalue weighted by molar-refractivity contribution is 5.96. The first kappa shape index (κ1) is 14.5. The zero-order chi connectivity index (χ0) is 15.6. The average Bonchev–Trinajstić information content (AvgIpc) is 2.83. The molecular formula is C20H22N2O. The molecule has 2 aromatic carbocycles. The van der Waals surface area contributed by atoms with Crippen molar-refractivity contribution >= 4 is 11.6 Å².